The van der Waals surface area contributed by atoms with E-state index in [4.69, 9.17) is 0 Å². The van der Waals surface area contributed by atoms with E-state index in [-0.39, 0.29) is 6.04 Å². The van der Waals surface area contributed by atoms with Crippen molar-refractivity contribution in [3.8, 4) is 0 Å². The lowest BCUT2D eigenvalue weighted by Crippen LogP contribution is -2.37. The van der Waals surface area contributed by atoms with Crippen LogP contribution in [-0.4, -0.2) is 48.7 Å². The molecule has 1 unspecified atom stereocenters. The number of rotatable bonds is 4. The smallest absolute Gasteiger partial charge is 0.244 e. The highest BCUT2D eigenvalue weighted by Crippen LogP contribution is 2.30. The number of aryl methyl sites for hydroxylation is 2. The van der Waals surface area contributed by atoms with Crippen LogP contribution in [-0.2, 0) is 10.0 Å². The number of aromatic nitrogens is 2. The van der Waals surface area contributed by atoms with Crippen LogP contribution in [0.3, 0.4) is 0 Å². The number of nitrogens with zero attached hydrogens (tertiary/aromatic N) is 2. The van der Waals surface area contributed by atoms with Crippen LogP contribution in [0.2, 0.25) is 0 Å². The summed E-state index contributed by atoms with van der Waals surface area (Å²) in [7, 11) is -3.46. The predicted molar refractivity (Wildman–Crippen MR) is 71.4 cm³/mol. The highest BCUT2D eigenvalue weighted by molar-refractivity contribution is 7.89. The maximum Gasteiger partial charge on any atom is 0.244 e. The first-order chi connectivity index (χ1) is 8.97. The number of hydrogen-bond acceptors (Lipinski definition) is 4. The van der Waals surface area contributed by atoms with Crippen LogP contribution in [0.25, 0.3) is 0 Å². The Morgan fingerprint density at radius 1 is 1.32 bits per heavy atom. The van der Waals surface area contributed by atoms with Gasteiger partial charge in [-0.25, -0.2) is 13.1 Å². The molecular formula is C12H20N4O2S. The molecule has 1 aromatic rings. The fraction of sp³-hybridized carbons (Fsp3) is 0.750. The van der Waals surface area contributed by atoms with Crippen LogP contribution in [0.1, 0.15) is 30.7 Å². The summed E-state index contributed by atoms with van der Waals surface area (Å²) in [5, 5.41) is 6.68. The van der Waals surface area contributed by atoms with Crippen molar-refractivity contribution in [2.75, 3.05) is 13.1 Å². The minimum Gasteiger partial charge on any atom is -0.299 e. The Balaban J connectivity index is 1.72. The Morgan fingerprint density at radius 3 is 2.63 bits per heavy atom. The lowest BCUT2D eigenvalue weighted by atomic mass is 10.3. The average Bonchev–Trinajstić information content (AvgIpc) is 2.98. The first-order valence-electron chi connectivity index (χ1n) is 6.75. The maximum atomic E-state index is 12.4. The summed E-state index contributed by atoms with van der Waals surface area (Å²) < 4.78 is 27.6. The summed E-state index contributed by atoms with van der Waals surface area (Å²) in [5.41, 5.74) is 1.13. The number of nitrogens with one attached hydrogen (secondary N) is 2. The van der Waals surface area contributed by atoms with Crippen LogP contribution >= 0.6 is 0 Å². The van der Waals surface area contributed by atoms with Crippen molar-refractivity contribution in [2.24, 2.45) is 0 Å². The minimum absolute atomic E-state index is 0.0271. The summed E-state index contributed by atoms with van der Waals surface area (Å²) in [4.78, 5) is 2.69. The van der Waals surface area contributed by atoms with E-state index in [0.717, 1.165) is 19.5 Å². The SMILES string of the molecule is Cc1n[nH]c(C)c1S(=O)(=O)NC1CCN(C2CC2)C1. The van der Waals surface area contributed by atoms with Crippen molar-refractivity contribution in [1.29, 1.82) is 0 Å². The lowest BCUT2D eigenvalue weighted by Gasteiger charge is -2.16. The number of sulfonamides is 1. The Labute approximate surface area is 113 Å². The van der Waals surface area contributed by atoms with E-state index in [2.05, 4.69) is 19.8 Å². The zero-order valence-electron chi connectivity index (χ0n) is 11.3. The second kappa shape index (κ2) is 4.57. The van der Waals surface area contributed by atoms with Gasteiger partial charge in [0.15, 0.2) is 0 Å². The van der Waals surface area contributed by atoms with Gasteiger partial charge >= 0.3 is 0 Å². The fourth-order valence-electron chi connectivity index (χ4n) is 2.87. The molecule has 1 atom stereocenters. The van der Waals surface area contributed by atoms with Crippen LogP contribution in [0.15, 0.2) is 4.90 Å². The molecule has 19 heavy (non-hydrogen) atoms. The summed E-state index contributed by atoms with van der Waals surface area (Å²) in [5.74, 6) is 0. The van der Waals surface area contributed by atoms with Gasteiger partial charge in [0.05, 0.1) is 11.4 Å². The molecule has 106 valence electrons. The molecule has 1 saturated heterocycles. The molecule has 7 heteroatoms. The lowest BCUT2D eigenvalue weighted by molar-refractivity contribution is 0.322. The molecule has 2 heterocycles. The maximum absolute atomic E-state index is 12.4. The van der Waals surface area contributed by atoms with Crippen LogP contribution < -0.4 is 4.72 Å². The van der Waals surface area contributed by atoms with E-state index >= 15 is 0 Å². The third kappa shape index (κ3) is 2.54. The Hall–Kier alpha value is -0.920. The summed E-state index contributed by atoms with van der Waals surface area (Å²) >= 11 is 0. The standard InChI is InChI=1S/C12H20N4O2S/c1-8-12(9(2)14-13-8)19(17,18)15-10-5-6-16(7-10)11-3-4-11/h10-11,15H,3-7H2,1-2H3,(H,13,14). The summed E-state index contributed by atoms with van der Waals surface area (Å²) in [6.45, 7) is 5.28. The van der Waals surface area contributed by atoms with Gasteiger partial charge in [0.25, 0.3) is 0 Å². The normalized spacial score (nSPS) is 25.1. The first kappa shape index (κ1) is 13.1. The number of aromatic amines is 1. The second-order valence-electron chi connectivity index (χ2n) is 5.60. The molecule has 0 radical (unpaired) electrons. The van der Waals surface area contributed by atoms with Crippen molar-refractivity contribution in [3.05, 3.63) is 11.4 Å². The van der Waals surface area contributed by atoms with Gasteiger partial charge in [0, 0.05) is 25.2 Å². The monoisotopic (exact) mass is 284 g/mol. The molecule has 0 amide bonds. The van der Waals surface area contributed by atoms with E-state index in [9.17, 15) is 8.42 Å². The van der Waals surface area contributed by atoms with E-state index < -0.39 is 10.0 Å². The number of likely N-dealkylation sites (tertiary alicyclic amines) is 1. The Kier molecular flexibility index (Phi) is 3.15. The molecule has 6 nitrogen and oxygen atoms in total. The topological polar surface area (TPSA) is 78.1 Å². The fourth-order valence-corrected chi connectivity index (χ4v) is 4.50. The molecule has 3 rings (SSSR count). The van der Waals surface area contributed by atoms with Crippen molar-refractivity contribution in [2.45, 2.75) is 50.1 Å². The molecule has 0 aromatic carbocycles. The van der Waals surface area contributed by atoms with Crippen molar-refractivity contribution < 1.29 is 8.42 Å². The summed E-state index contributed by atoms with van der Waals surface area (Å²) in [6.07, 6.45) is 3.42. The van der Waals surface area contributed by atoms with Gasteiger partial charge in [-0.15, -0.1) is 0 Å². The average molecular weight is 284 g/mol. The van der Waals surface area contributed by atoms with E-state index in [1.54, 1.807) is 13.8 Å². The molecule has 2 fully saturated rings. The van der Waals surface area contributed by atoms with Gasteiger partial charge in [-0.05, 0) is 33.1 Å². The van der Waals surface area contributed by atoms with Crippen molar-refractivity contribution >= 4 is 10.0 Å². The molecule has 1 aliphatic carbocycles. The van der Waals surface area contributed by atoms with Gasteiger partial charge in [0.2, 0.25) is 10.0 Å². The van der Waals surface area contributed by atoms with Crippen LogP contribution in [0, 0.1) is 13.8 Å². The third-order valence-corrected chi connectivity index (χ3v) is 5.72. The van der Waals surface area contributed by atoms with E-state index in [1.807, 2.05) is 0 Å². The Morgan fingerprint density at radius 2 is 2.05 bits per heavy atom. The highest BCUT2D eigenvalue weighted by atomic mass is 32.2. The minimum atomic E-state index is -3.46. The molecular weight excluding hydrogens is 264 g/mol. The van der Waals surface area contributed by atoms with Gasteiger partial charge in [-0.3, -0.25) is 10.00 Å². The van der Waals surface area contributed by atoms with E-state index in [0.29, 0.717) is 22.3 Å². The van der Waals surface area contributed by atoms with Gasteiger partial charge in [-0.2, -0.15) is 5.10 Å². The second-order valence-corrected chi connectivity index (χ2v) is 7.25. The molecule has 1 aliphatic heterocycles. The number of hydrogen-bond donors (Lipinski definition) is 2. The molecule has 0 spiro atoms. The first-order valence-corrected chi connectivity index (χ1v) is 8.23. The molecule has 0 bridgehead atoms. The van der Waals surface area contributed by atoms with Gasteiger partial charge in [-0.1, -0.05) is 0 Å². The highest BCUT2D eigenvalue weighted by Gasteiger charge is 2.36. The van der Waals surface area contributed by atoms with Crippen LogP contribution in [0.5, 0.6) is 0 Å². The molecule has 1 saturated carbocycles. The van der Waals surface area contributed by atoms with Crippen LogP contribution in [0.4, 0.5) is 0 Å². The Bertz CT molecular complexity index is 557. The zero-order valence-corrected chi connectivity index (χ0v) is 12.1. The third-order valence-electron chi connectivity index (χ3n) is 3.93. The molecule has 2 aliphatic rings. The predicted octanol–water partition coefficient (Wildman–Crippen LogP) is 0.542. The zero-order chi connectivity index (χ0) is 13.6. The quantitative estimate of drug-likeness (QED) is 0.846. The largest absolute Gasteiger partial charge is 0.299 e. The van der Waals surface area contributed by atoms with E-state index in [1.165, 1.54) is 12.8 Å². The molecule has 2 N–H and O–H groups in total. The molecule has 1 aromatic heterocycles. The summed E-state index contributed by atoms with van der Waals surface area (Å²) in [6, 6.07) is 0.728. The van der Waals surface area contributed by atoms with Crippen molar-refractivity contribution in [3.63, 3.8) is 0 Å². The number of H-pyrrole nitrogens is 1. The van der Waals surface area contributed by atoms with Gasteiger partial charge < -0.3 is 0 Å². The van der Waals surface area contributed by atoms with Gasteiger partial charge in [0.1, 0.15) is 4.90 Å². The van der Waals surface area contributed by atoms with Crippen molar-refractivity contribution in [1.82, 2.24) is 19.8 Å².